The van der Waals surface area contributed by atoms with Gasteiger partial charge in [0, 0.05) is 34.9 Å². The predicted molar refractivity (Wildman–Crippen MR) is 172 cm³/mol. The Balaban J connectivity index is 0.000000671. The van der Waals surface area contributed by atoms with Crippen molar-refractivity contribution < 1.29 is 42.2 Å². The second kappa shape index (κ2) is 13.3. The van der Waals surface area contributed by atoms with E-state index >= 15 is 4.39 Å². The Morgan fingerprint density at radius 2 is 1.73 bits per heavy atom. The van der Waals surface area contributed by atoms with Crippen molar-refractivity contribution in [3.8, 4) is 0 Å². The van der Waals surface area contributed by atoms with Gasteiger partial charge in [-0.25, -0.2) is 9.18 Å². The number of carbonyl (C=O) groups excluding carboxylic acids is 2. The van der Waals surface area contributed by atoms with Crippen LogP contribution in [0.1, 0.15) is 58.1 Å². The molecule has 260 valence electrons. The van der Waals surface area contributed by atoms with Crippen molar-refractivity contribution in [3.63, 3.8) is 0 Å². The Morgan fingerprint density at radius 3 is 2.31 bits per heavy atom. The number of aliphatic carboxylic acids is 1. The van der Waals surface area contributed by atoms with E-state index in [1.807, 2.05) is 0 Å². The summed E-state index contributed by atoms with van der Waals surface area (Å²) in [4.78, 5) is 37.1. The summed E-state index contributed by atoms with van der Waals surface area (Å²) in [6, 6.07) is 9.84. The van der Waals surface area contributed by atoms with Crippen molar-refractivity contribution in [1.82, 2.24) is 15.1 Å². The summed E-state index contributed by atoms with van der Waals surface area (Å²) in [7, 11) is 0. The monoisotopic (exact) mass is 715 g/mol. The number of rotatable bonds is 6. The van der Waals surface area contributed by atoms with Crippen LogP contribution in [0.25, 0.3) is 0 Å². The Kier molecular flexibility index (Phi) is 10.3. The van der Waals surface area contributed by atoms with Crippen LogP contribution in [-0.4, -0.2) is 61.6 Å². The van der Waals surface area contributed by atoms with E-state index in [4.69, 9.17) is 33.1 Å². The third kappa shape index (κ3) is 7.77. The van der Waals surface area contributed by atoms with Crippen LogP contribution in [0.2, 0.25) is 10.0 Å². The second-order valence-electron chi connectivity index (χ2n) is 13.6. The lowest BCUT2D eigenvalue weighted by Crippen LogP contribution is -2.49. The van der Waals surface area contributed by atoms with Gasteiger partial charge in [-0.1, -0.05) is 62.2 Å². The third-order valence-corrected chi connectivity index (χ3v) is 8.43. The van der Waals surface area contributed by atoms with Crippen LogP contribution < -0.4 is 16.0 Å². The van der Waals surface area contributed by atoms with Gasteiger partial charge in [0.2, 0.25) is 11.8 Å². The minimum absolute atomic E-state index is 0.101. The van der Waals surface area contributed by atoms with E-state index in [0.717, 1.165) is 0 Å². The Morgan fingerprint density at radius 1 is 1.08 bits per heavy atom. The highest BCUT2D eigenvalue weighted by atomic mass is 35.5. The summed E-state index contributed by atoms with van der Waals surface area (Å²) < 4.78 is 49.1. The minimum Gasteiger partial charge on any atom is -0.475 e. The molecule has 0 bridgehead atoms. The lowest BCUT2D eigenvalue weighted by molar-refractivity contribution is -0.192. The first-order chi connectivity index (χ1) is 22.0. The molecule has 5 N–H and O–H groups in total. The molecule has 2 aliphatic heterocycles. The van der Waals surface area contributed by atoms with Crippen molar-refractivity contribution in [2.45, 2.75) is 82.8 Å². The van der Waals surface area contributed by atoms with E-state index in [2.05, 4.69) is 41.8 Å². The molecule has 2 aliphatic rings. The van der Waals surface area contributed by atoms with Crippen LogP contribution in [0.15, 0.2) is 48.7 Å². The van der Waals surface area contributed by atoms with E-state index in [1.54, 1.807) is 56.4 Å². The first-order valence-corrected chi connectivity index (χ1v) is 15.5. The maximum atomic E-state index is 15.9. The molecule has 4 atom stereocenters. The van der Waals surface area contributed by atoms with Gasteiger partial charge >= 0.3 is 12.1 Å². The smallest absolute Gasteiger partial charge is 0.475 e. The molecule has 0 unspecified atom stereocenters. The zero-order valence-corrected chi connectivity index (χ0v) is 28.1. The zero-order valence-electron chi connectivity index (χ0n) is 26.5. The molecule has 1 saturated heterocycles. The lowest BCUT2D eigenvalue weighted by Gasteiger charge is -2.37. The number of carbonyl (C=O) groups is 3. The number of halogens is 6. The number of carboxylic acid groups (broad SMARTS) is 1. The number of nitrogens with one attached hydrogen (secondary N) is 3. The van der Waals surface area contributed by atoms with Gasteiger partial charge in [0.15, 0.2) is 5.82 Å². The fourth-order valence-electron chi connectivity index (χ4n) is 6.27. The molecule has 0 saturated carbocycles. The molecule has 5 rings (SSSR count). The topological polar surface area (TPSA) is 146 Å². The van der Waals surface area contributed by atoms with Gasteiger partial charge in [0.1, 0.15) is 11.2 Å². The fraction of sp³-hybridized carbons (Fsp3) is 0.438. The van der Waals surface area contributed by atoms with E-state index in [-0.39, 0.29) is 34.3 Å². The Labute approximate surface area is 283 Å². The molecule has 1 spiro atoms. The maximum Gasteiger partial charge on any atom is 0.490 e. The standard InChI is InChI=1S/C30H34Cl2FN5O3.C2HF3O2/c1-28(2,3)14-21-30(18-10-9-16(31)13-20(18)34-27(30)40)23(17-7-6-8-19(32)24(17)33)25(35-21)26(39)36-22-11-12-38(37-22)15-29(4,5)41;3-2(4,5)1(6)7/h6-13,21,23,25,35,41H,14-15H2,1-5H3,(H,34,40)(H,36,37,39);(H,6,7)/t21-,23-,25+,30+;/m0./s1. The van der Waals surface area contributed by atoms with Gasteiger partial charge < -0.3 is 26.2 Å². The highest BCUT2D eigenvalue weighted by molar-refractivity contribution is 6.31. The molecule has 3 heterocycles. The summed E-state index contributed by atoms with van der Waals surface area (Å²) in [5.41, 5.74) is -1.27. The molecule has 2 aromatic carbocycles. The lowest BCUT2D eigenvalue weighted by atomic mass is 9.62. The van der Waals surface area contributed by atoms with Crippen molar-refractivity contribution in [2.75, 3.05) is 10.6 Å². The number of alkyl halides is 3. The fourth-order valence-corrected chi connectivity index (χ4v) is 6.62. The van der Waals surface area contributed by atoms with E-state index in [1.165, 1.54) is 10.7 Å². The van der Waals surface area contributed by atoms with Crippen LogP contribution in [0.5, 0.6) is 0 Å². The third-order valence-electron chi connectivity index (χ3n) is 7.90. The molecular formula is C32H35Cl2F4N5O5. The van der Waals surface area contributed by atoms with Crippen LogP contribution in [-0.2, 0) is 26.3 Å². The van der Waals surface area contributed by atoms with Gasteiger partial charge in [0.25, 0.3) is 0 Å². The number of aromatic nitrogens is 2. The van der Waals surface area contributed by atoms with Crippen molar-refractivity contribution in [2.24, 2.45) is 5.41 Å². The molecule has 48 heavy (non-hydrogen) atoms. The largest absolute Gasteiger partial charge is 0.490 e. The van der Waals surface area contributed by atoms with E-state index < -0.39 is 52.9 Å². The molecule has 16 heteroatoms. The molecule has 2 amide bonds. The highest BCUT2D eigenvalue weighted by Crippen LogP contribution is 2.57. The first kappa shape index (κ1) is 37.1. The van der Waals surface area contributed by atoms with Crippen LogP contribution >= 0.6 is 23.2 Å². The van der Waals surface area contributed by atoms with Gasteiger partial charge in [0.05, 0.1) is 23.2 Å². The molecule has 1 fully saturated rings. The van der Waals surface area contributed by atoms with Crippen molar-refractivity contribution in [3.05, 3.63) is 75.7 Å². The minimum atomic E-state index is -5.08. The number of hydrogen-bond donors (Lipinski definition) is 5. The molecule has 10 nitrogen and oxygen atoms in total. The Hall–Kier alpha value is -3.72. The summed E-state index contributed by atoms with van der Waals surface area (Å²) in [5, 5.41) is 31.2. The first-order valence-electron chi connectivity index (χ1n) is 14.7. The summed E-state index contributed by atoms with van der Waals surface area (Å²) in [6.45, 7) is 9.69. The average molecular weight is 717 g/mol. The highest BCUT2D eigenvalue weighted by Gasteiger charge is 2.66. The van der Waals surface area contributed by atoms with Gasteiger partial charge in [-0.05, 0) is 55.0 Å². The quantitative estimate of drug-likeness (QED) is 0.193. The number of nitrogens with zero attached hydrogens (tertiary/aromatic N) is 2. The summed E-state index contributed by atoms with van der Waals surface area (Å²) in [5.74, 6) is -4.96. The van der Waals surface area contributed by atoms with Crippen LogP contribution in [0.3, 0.4) is 0 Å². The number of aliphatic hydroxyl groups is 1. The second-order valence-corrected chi connectivity index (χ2v) is 14.4. The molecule has 1 aromatic heterocycles. The van der Waals surface area contributed by atoms with Crippen molar-refractivity contribution in [1.29, 1.82) is 0 Å². The van der Waals surface area contributed by atoms with Gasteiger partial charge in [-0.2, -0.15) is 18.3 Å². The maximum absolute atomic E-state index is 15.9. The number of amides is 2. The number of anilines is 2. The molecule has 0 aliphatic carbocycles. The average Bonchev–Trinajstić information content (AvgIpc) is 3.58. The summed E-state index contributed by atoms with van der Waals surface area (Å²) in [6.07, 6.45) is -2.93. The molecule has 3 aromatic rings. The SMILES string of the molecule is CC(C)(C)C[C@@H]1N[C@@H](C(=O)Nc2ccn(CC(C)(C)O)n2)[C@H](c2cccc(Cl)c2F)[C@]12C(=O)Nc1cc(Cl)ccc12.O=C(O)C(F)(F)F. The Bertz CT molecular complexity index is 1720. The molecule has 0 radical (unpaired) electrons. The number of benzene rings is 2. The summed E-state index contributed by atoms with van der Waals surface area (Å²) >= 11 is 12.5. The van der Waals surface area contributed by atoms with Gasteiger partial charge in [-0.3, -0.25) is 14.3 Å². The number of fused-ring (bicyclic) bond motifs is 2. The normalized spacial score (nSPS) is 22.2. The van der Waals surface area contributed by atoms with Crippen LogP contribution in [0, 0.1) is 11.2 Å². The number of hydrogen-bond acceptors (Lipinski definition) is 6. The van der Waals surface area contributed by atoms with Gasteiger partial charge in [-0.15, -0.1) is 0 Å². The van der Waals surface area contributed by atoms with Crippen LogP contribution in [0.4, 0.5) is 29.1 Å². The van der Waals surface area contributed by atoms with E-state index in [0.29, 0.717) is 22.7 Å². The predicted octanol–water partition coefficient (Wildman–Crippen LogP) is 6.12. The number of carboxylic acids is 1. The zero-order chi connectivity index (χ0) is 36.0. The van der Waals surface area contributed by atoms with E-state index in [9.17, 15) is 27.9 Å². The molecular weight excluding hydrogens is 681 g/mol. The van der Waals surface area contributed by atoms with Crippen molar-refractivity contribution >= 4 is 52.5 Å².